The molecule has 112 valence electrons. The van der Waals surface area contributed by atoms with Crippen LogP contribution in [0.2, 0.25) is 0 Å². The van der Waals surface area contributed by atoms with E-state index in [1.54, 1.807) is 19.2 Å². The molecule has 0 amide bonds. The molecular formula is C13H20N2O4S. The Morgan fingerprint density at radius 2 is 2.05 bits per heavy atom. The average Bonchev–Trinajstić information content (AvgIpc) is 2.85. The summed E-state index contributed by atoms with van der Waals surface area (Å²) in [7, 11) is -0.578. The van der Waals surface area contributed by atoms with Gasteiger partial charge in [0, 0.05) is 18.8 Å². The fraction of sp³-hybridized carbons (Fsp3) is 0.538. The van der Waals surface area contributed by atoms with Crippen LogP contribution in [0.3, 0.4) is 0 Å². The highest BCUT2D eigenvalue weighted by Crippen LogP contribution is 2.28. The average molecular weight is 300 g/mol. The summed E-state index contributed by atoms with van der Waals surface area (Å²) in [6.45, 7) is 0. The van der Waals surface area contributed by atoms with Gasteiger partial charge in [-0.25, -0.2) is 13.1 Å². The van der Waals surface area contributed by atoms with Crippen LogP contribution in [0.15, 0.2) is 23.1 Å². The minimum absolute atomic E-state index is 0.0702. The molecule has 20 heavy (non-hydrogen) atoms. The molecule has 0 bridgehead atoms. The van der Waals surface area contributed by atoms with Crippen molar-refractivity contribution in [1.82, 2.24) is 4.72 Å². The monoisotopic (exact) mass is 300 g/mol. The van der Waals surface area contributed by atoms with Crippen molar-refractivity contribution in [1.29, 1.82) is 0 Å². The first-order valence-electron chi connectivity index (χ1n) is 6.45. The van der Waals surface area contributed by atoms with Crippen molar-refractivity contribution < 1.29 is 17.9 Å². The number of nitrogen functional groups attached to an aromatic ring is 1. The molecule has 2 unspecified atom stereocenters. The Hall–Kier alpha value is -1.31. The molecule has 0 radical (unpaired) electrons. The molecule has 0 heterocycles. The maximum Gasteiger partial charge on any atom is 0.244 e. The summed E-state index contributed by atoms with van der Waals surface area (Å²) in [6, 6.07) is 4.45. The van der Waals surface area contributed by atoms with E-state index in [0.29, 0.717) is 12.1 Å². The van der Waals surface area contributed by atoms with E-state index in [-0.39, 0.29) is 22.8 Å². The number of hydrogen-bond donors (Lipinski definition) is 2. The second-order valence-electron chi connectivity index (χ2n) is 4.90. The van der Waals surface area contributed by atoms with Crippen LogP contribution < -0.4 is 15.2 Å². The molecule has 1 fully saturated rings. The Bertz CT molecular complexity index is 574. The Balaban J connectivity index is 2.20. The highest BCUT2D eigenvalue weighted by atomic mass is 32.2. The number of ether oxygens (including phenoxy) is 2. The molecule has 7 heteroatoms. The molecule has 3 N–H and O–H groups in total. The molecular weight excluding hydrogens is 280 g/mol. The first-order chi connectivity index (χ1) is 9.46. The van der Waals surface area contributed by atoms with Crippen LogP contribution in [0.5, 0.6) is 5.75 Å². The van der Waals surface area contributed by atoms with E-state index < -0.39 is 10.0 Å². The van der Waals surface area contributed by atoms with Crippen molar-refractivity contribution in [3.63, 3.8) is 0 Å². The van der Waals surface area contributed by atoms with E-state index in [1.165, 1.54) is 13.2 Å². The Morgan fingerprint density at radius 3 is 2.65 bits per heavy atom. The molecule has 1 saturated carbocycles. The van der Waals surface area contributed by atoms with Crippen molar-refractivity contribution in [2.75, 3.05) is 20.0 Å². The number of nitrogens with one attached hydrogen (secondary N) is 1. The molecule has 1 aromatic rings. The summed E-state index contributed by atoms with van der Waals surface area (Å²) in [6.07, 6.45) is 2.42. The molecule has 0 spiro atoms. The molecule has 6 nitrogen and oxygen atoms in total. The van der Waals surface area contributed by atoms with Gasteiger partial charge in [-0.3, -0.25) is 0 Å². The third kappa shape index (κ3) is 3.23. The Kier molecular flexibility index (Phi) is 4.52. The largest absolute Gasteiger partial charge is 0.495 e. The number of benzene rings is 1. The van der Waals surface area contributed by atoms with Gasteiger partial charge in [0.2, 0.25) is 10.0 Å². The maximum atomic E-state index is 12.4. The lowest BCUT2D eigenvalue weighted by molar-refractivity contribution is 0.107. The van der Waals surface area contributed by atoms with Gasteiger partial charge < -0.3 is 15.2 Å². The van der Waals surface area contributed by atoms with Gasteiger partial charge >= 0.3 is 0 Å². The number of methoxy groups -OCH3 is 2. The van der Waals surface area contributed by atoms with Gasteiger partial charge in [-0.05, 0) is 37.5 Å². The van der Waals surface area contributed by atoms with Crippen LogP contribution in [0.1, 0.15) is 19.3 Å². The van der Waals surface area contributed by atoms with Gasteiger partial charge in [0.25, 0.3) is 0 Å². The fourth-order valence-electron chi connectivity index (χ4n) is 2.45. The van der Waals surface area contributed by atoms with E-state index >= 15 is 0 Å². The molecule has 1 aliphatic carbocycles. The highest BCUT2D eigenvalue weighted by Gasteiger charge is 2.30. The highest BCUT2D eigenvalue weighted by molar-refractivity contribution is 7.89. The van der Waals surface area contributed by atoms with E-state index in [9.17, 15) is 8.42 Å². The van der Waals surface area contributed by atoms with E-state index in [4.69, 9.17) is 15.2 Å². The van der Waals surface area contributed by atoms with Crippen LogP contribution in [-0.4, -0.2) is 34.8 Å². The van der Waals surface area contributed by atoms with Gasteiger partial charge in [-0.2, -0.15) is 0 Å². The summed E-state index contributed by atoms with van der Waals surface area (Å²) in [4.78, 5) is 0.0702. The maximum absolute atomic E-state index is 12.4. The van der Waals surface area contributed by atoms with Crippen molar-refractivity contribution in [3.05, 3.63) is 18.2 Å². The number of hydrogen-bond acceptors (Lipinski definition) is 5. The lowest BCUT2D eigenvalue weighted by atomic mass is 10.3. The van der Waals surface area contributed by atoms with Crippen LogP contribution >= 0.6 is 0 Å². The van der Waals surface area contributed by atoms with Crippen LogP contribution in [0.4, 0.5) is 5.69 Å². The molecule has 1 aromatic carbocycles. The minimum atomic E-state index is -3.65. The Labute approximate surface area is 119 Å². The molecule has 2 atom stereocenters. The third-order valence-electron chi connectivity index (χ3n) is 3.52. The zero-order chi connectivity index (χ0) is 14.8. The van der Waals surface area contributed by atoms with Gasteiger partial charge in [0.05, 0.1) is 13.2 Å². The van der Waals surface area contributed by atoms with E-state index in [2.05, 4.69) is 4.72 Å². The predicted octanol–water partition coefficient (Wildman–Crippen LogP) is 1.12. The van der Waals surface area contributed by atoms with E-state index in [0.717, 1.165) is 12.8 Å². The quantitative estimate of drug-likeness (QED) is 0.795. The summed E-state index contributed by atoms with van der Waals surface area (Å²) in [5, 5.41) is 0. The smallest absolute Gasteiger partial charge is 0.244 e. The molecule has 0 aliphatic heterocycles. The second kappa shape index (κ2) is 5.99. The normalized spacial score (nSPS) is 22.9. The number of nitrogens with two attached hydrogens (primary N) is 1. The van der Waals surface area contributed by atoms with E-state index in [1.807, 2.05) is 0 Å². The predicted molar refractivity (Wildman–Crippen MR) is 76.2 cm³/mol. The molecule has 0 saturated heterocycles. The summed E-state index contributed by atoms with van der Waals surface area (Å²) in [5.41, 5.74) is 6.04. The number of anilines is 1. The molecule has 2 rings (SSSR count). The van der Waals surface area contributed by atoms with Gasteiger partial charge in [-0.1, -0.05) is 0 Å². The first kappa shape index (κ1) is 15.1. The third-order valence-corrected chi connectivity index (χ3v) is 5.06. The summed E-state index contributed by atoms with van der Waals surface area (Å²) < 4.78 is 37.9. The van der Waals surface area contributed by atoms with Crippen molar-refractivity contribution in [2.24, 2.45) is 0 Å². The van der Waals surface area contributed by atoms with Crippen molar-refractivity contribution in [2.45, 2.75) is 36.3 Å². The Morgan fingerprint density at radius 1 is 1.30 bits per heavy atom. The zero-order valence-corrected chi connectivity index (χ0v) is 12.4. The topological polar surface area (TPSA) is 90.7 Å². The summed E-state index contributed by atoms with van der Waals surface area (Å²) >= 11 is 0. The van der Waals surface area contributed by atoms with Crippen molar-refractivity contribution >= 4 is 15.7 Å². The molecule has 0 aromatic heterocycles. The van der Waals surface area contributed by atoms with Crippen LogP contribution in [-0.2, 0) is 14.8 Å². The van der Waals surface area contributed by atoms with Gasteiger partial charge in [0.15, 0.2) is 0 Å². The van der Waals surface area contributed by atoms with Crippen LogP contribution in [0, 0.1) is 0 Å². The minimum Gasteiger partial charge on any atom is -0.495 e. The van der Waals surface area contributed by atoms with Gasteiger partial charge in [0.1, 0.15) is 10.6 Å². The molecule has 1 aliphatic rings. The second-order valence-corrected chi connectivity index (χ2v) is 6.58. The first-order valence-corrected chi connectivity index (χ1v) is 7.93. The summed E-state index contributed by atoms with van der Waals surface area (Å²) in [5.74, 6) is 0.285. The zero-order valence-electron chi connectivity index (χ0n) is 11.6. The SMILES string of the molecule is COc1ccc(N)cc1S(=O)(=O)NC1CCC(OC)C1. The number of sulfonamides is 1. The lowest BCUT2D eigenvalue weighted by Crippen LogP contribution is -2.33. The standard InChI is InChI=1S/C13H20N2O4S/c1-18-11-5-4-10(8-11)15-20(16,17)13-7-9(14)3-6-12(13)19-2/h3,6-7,10-11,15H,4-5,8,14H2,1-2H3. The fourth-order valence-corrected chi connectivity index (χ4v) is 3.93. The van der Waals surface area contributed by atoms with Crippen molar-refractivity contribution in [3.8, 4) is 5.75 Å². The van der Waals surface area contributed by atoms with Gasteiger partial charge in [-0.15, -0.1) is 0 Å². The number of rotatable bonds is 5. The lowest BCUT2D eigenvalue weighted by Gasteiger charge is -2.15. The van der Waals surface area contributed by atoms with Crippen LogP contribution in [0.25, 0.3) is 0 Å².